The molecule has 0 aliphatic heterocycles. The highest BCUT2D eigenvalue weighted by Gasteiger charge is 2.19. The highest BCUT2D eigenvalue weighted by Crippen LogP contribution is 2.30. The predicted molar refractivity (Wildman–Crippen MR) is 63.0 cm³/mol. The predicted octanol–water partition coefficient (Wildman–Crippen LogP) is 1.81. The van der Waals surface area contributed by atoms with Gasteiger partial charge >= 0.3 is 5.63 Å². The van der Waals surface area contributed by atoms with E-state index in [1.807, 2.05) is 0 Å². The van der Waals surface area contributed by atoms with Gasteiger partial charge in [-0.1, -0.05) is 23.2 Å². The highest BCUT2D eigenvalue weighted by atomic mass is 35.5. The average molecular weight is 276 g/mol. The molecule has 1 heterocycles. The molecule has 17 heavy (non-hydrogen) atoms. The second-order valence-electron chi connectivity index (χ2n) is 3.48. The minimum Gasteiger partial charge on any atom is -0.595 e. The van der Waals surface area contributed by atoms with E-state index < -0.39 is 16.5 Å². The summed E-state index contributed by atoms with van der Waals surface area (Å²) in [5.41, 5.74) is -0.635. The fourth-order valence-corrected chi connectivity index (χ4v) is 1.94. The summed E-state index contributed by atoms with van der Waals surface area (Å²) in [4.78, 5) is 11.4. The van der Waals surface area contributed by atoms with E-state index >= 15 is 0 Å². The number of rotatable bonds is 1. The largest absolute Gasteiger partial charge is 0.595 e. The first-order valence-corrected chi connectivity index (χ1v) is 5.33. The van der Waals surface area contributed by atoms with Crippen molar-refractivity contribution in [3.8, 4) is 0 Å². The van der Waals surface area contributed by atoms with Crippen molar-refractivity contribution in [3.63, 3.8) is 0 Å². The van der Waals surface area contributed by atoms with Crippen LogP contribution in [0.4, 0.5) is 5.69 Å². The van der Waals surface area contributed by atoms with Crippen molar-refractivity contribution in [3.05, 3.63) is 43.4 Å². The Hall–Kier alpha value is -1.11. The molecule has 2 aromatic rings. The van der Waals surface area contributed by atoms with Crippen LogP contribution in [0, 0.1) is 12.1 Å². The maximum absolute atomic E-state index is 11.4. The summed E-state index contributed by atoms with van der Waals surface area (Å²) in [5, 5.41) is 18.8. The number of hydrogen-bond donors (Lipinski definition) is 2. The Bertz CT molecular complexity index is 651. The smallest absolute Gasteiger partial charge is 0.403 e. The summed E-state index contributed by atoms with van der Waals surface area (Å²) >= 11 is 11.8. The molecule has 0 saturated heterocycles. The number of aryl methyl sites for hydroxylation is 1. The summed E-state index contributed by atoms with van der Waals surface area (Å²) in [6.07, 6.45) is 0. The molecule has 0 amide bonds. The summed E-state index contributed by atoms with van der Waals surface area (Å²) < 4.78 is 4.89. The molecule has 0 radical (unpaired) electrons. The van der Waals surface area contributed by atoms with Crippen LogP contribution >= 0.6 is 23.2 Å². The van der Waals surface area contributed by atoms with Gasteiger partial charge in [0.1, 0.15) is 10.6 Å². The highest BCUT2D eigenvalue weighted by molar-refractivity contribution is 6.38. The van der Waals surface area contributed by atoms with Crippen LogP contribution in [0.3, 0.4) is 0 Å². The topological polar surface area (TPSA) is 77.9 Å². The molecule has 0 bridgehead atoms. The van der Waals surface area contributed by atoms with Gasteiger partial charge in [0.05, 0.1) is 0 Å². The molecule has 0 fully saturated rings. The summed E-state index contributed by atoms with van der Waals surface area (Å²) in [5.74, 6) is 0. The SMILES string of the molecule is Cc1cc2oc(=O)c([NH+]([O-])O)c(Cl)c2cc1Cl. The molecule has 0 saturated carbocycles. The lowest BCUT2D eigenvalue weighted by Gasteiger charge is -2.12. The quantitative estimate of drug-likeness (QED) is 0.615. The van der Waals surface area contributed by atoms with Crippen molar-refractivity contribution in [1.29, 1.82) is 0 Å². The molecule has 1 aromatic carbocycles. The van der Waals surface area contributed by atoms with E-state index in [4.69, 9.17) is 32.8 Å². The van der Waals surface area contributed by atoms with Gasteiger partial charge in [-0.15, -0.1) is 0 Å². The third-order valence-corrected chi connectivity index (χ3v) is 3.14. The van der Waals surface area contributed by atoms with Gasteiger partial charge in [0, 0.05) is 10.4 Å². The average Bonchev–Trinajstić information content (AvgIpc) is 2.21. The van der Waals surface area contributed by atoms with Crippen LogP contribution in [0.15, 0.2) is 21.3 Å². The van der Waals surface area contributed by atoms with Crippen LogP contribution in [-0.4, -0.2) is 5.21 Å². The molecule has 1 unspecified atom stereocenters. The number of fused-ring (bicyclic) bond motifs is 1. The van der Waals surface area contributed by atoms with Gasteiger partial charge < -0.3 is 9.62 Å². The number of benzene rings is 1. The zero-order chi connectivity index (χ0) is 12.7. The minimum absolute atomic E-state index is 0.161. The molecule has 0 spiro atoms. The Balaban J connectivity index is 2.92. The van der Waals surface area contributed by atoms with Crippen molar-refractivity contribution in [2.24, 2.45) is 0 Å². The van der Waals surface area contributed by atoms with Crippen LogP contribution in [0.1, 0.15) is 5.56 Å². The first kappa shape index (κ1) is 12.3. The Morgan fingerprint density at radius 2 is 2.06 bits per heavy atom. The van der Waals surface area contributed by atoms with E-state index in [0.29, 0.717) is 16.0 Å². The second-order valence-corrected chi connectivity index (χ2v) is 4.27. The monoisotopic (exact) mass is 275 g/mol. The molecule has 1 atom stereocenters. The zero-order valence-corrected chi connectivity index (χ0v) is 10.1. The molecule has 0 aliphatic rings. The molecule has 1 aromatic heterocycles. The minimum atomic E-state index is -1.43. The van der Waals surface area contributed by atoms with Crippen molar-refractivity contribution in [2.45, 2.75) is 6.92 Å². The van der Waals surface area contributed by atoms with E-state index in [2.05, 4.69) is 0 Å². The molecular weight excluding hydrogens is 269 g/mol. The molecule has 7 heteroatoms. The van der Waals surface area contributed by atoms with Gasteiger partial charge in [-0.05, 0) is 24.6 Å². The number of nitrogens with one attached hydrogen (secondary N) is 1. The van der Waals surface area contributed by atoms with Gasteiger partial charge in [-0.3, -0.25) is 0 Å². The summed E-state index contributed by atoms with van der Waals surface area (Å²) in [6, 6.07) is 3.01. The van der Waals surface area contributed by atoms with Gasteiger partial charge in [0.15, 0.2) is 0 Å². The maximum Gasteiger partial charge on any atom is 0.403 e. The molecule has 5 nitrogen and oxygen atoms in total. The molecule has 90 valence electrons. The standard InChI is InChI=1S/C10H7Cl2NO4/c1-4-2-7-5(3-6(4)11)8(12)9(13(15)16)10(14)17-7/h2-3,13,15H,1H3. The Morgan fingerprint density at radius 1 is 1.41 bits per heavy atom. The van der Waals surface area contributed by atoms with Crippen molar-refractivity contribution >= 4 is 39.9 Å². The number of halogens is 2. The summed E-state index contributed by atoms with van der Waals surface area (Å²) in [7, 11) is 0. The van der Waals surface area contributed by atoms with Crippen LogP contribution in [0.2, 0.25) is 10.0 Å². The van der Waals surface area contributed by atoms with E-state index in [1.165, 1.54) is 12.1 Å². The van der Waals surface area contributed by atoms with Crippen LogP contribution in [-0.2, 0) is 0 Å². The molecular formula is C10H7Cl2NO4. The fourth-order valence-electron chi connectivity index (χ4n) is 1.47. The summed E-state index contributed by atoms with van der Waals surface area (Å²) in [6.45, 7) is 1.74. The van der Waals surface area contributed by atoms with E-state index in [0.717, 1.165) is 0 Å². The van der Waals surface area contributed by atoms with E-state index in [-0.39, 0.29) is 10.6 Å². The lowest BCUT2D eigenvalue weighted by Crippen LogP contribution is -3.00. The molecule has 2 N–H and O–H groups in total. The molecule has 0 aliphatic carbocycles. The number of quaternary nitrogens is 1. The van der Waals surface area contributed by atoms with Crippen LogP contribution in [0.25, 0.3) is 11.0 Å². The third kappa shape index (κ3) is 2.03. The fraction of sp³-hybridized carbons (Fsp3) is 0.100. The lowest BCUT2D eigenvalue weighted by molar-refractivity contribution is -0.992. The lowest BCUT2D eigenvalue weighted by atomic mass is 10.1. The third-order valence-electron chi connectivity index (χ3n) is 2.34. The zero-order valence-electron chi connectivity index (χ0n) is 8.58. The van der Waals surface area contributed by atoms with Crippen molar-refractivity contribution in [2.75, 3.05) is 0 Å². The normalized spacial score (nSPS) is 13.0. The van der Waals surface area contributed by atoms with Gasteiger partial charge in [-0.2, -0.15) is 5.23 Å². The van der Waals surface area contributed by atoms with Gasteiger partial charge in [0.25, 0.3) is 5.69 Å². The van der Waals surface area contributed by atoms with Gasteiger partial charge in [0.2, 0.25) is 0 Å². The van der Waals surface area contributed by atoms with Gasteiger partial charge in [-0.25, -0.2) is 10.0 Å². The Morgan fingerprint density at radius 3 is 2.65 bits per heavy atom. The van der Waals surface area contributed by atoms with Crippen molar-refractivity contribution in [1.82, 2.24) is 0 Å². The Labute approximate surface area is 105 Å². The number of hydrogen-bond acceptors (Lipinski definition) is 4. The van der Waals surface area contributed by atoms with Crippen LogP contribution in [0.5, 0.6) is 0 Å². The maximum atomic E-state index is 11.4. The Kier molecular flexibility index (Phi) is 3.11. The first-order chi connectivity index (χ1) is 7.91. The second kappa shape index (κ2) is 4.29. The van der Waals surface area contributed by atoms with E-state index in [1.54, 1.807) is 6.92 Å². The molecule has 2 rings (SSSR count). The van der Waals surface area contributed by atoms with E-state index in [9.17, 15) is 10.0 Å². The first-order valence-electron chi connectivity index (χ1n) is 4.57. The van der Waals surface area contributed by atoms with Crippen molar-refractivity contribution < 1.29 is 14.9 Å². The van der Waals surface area contributed by atoms with Crippen LogP contribution < -0.4 is 10.9 Å².